The van der Waals surface area contributed by atoms with Crippen molar-refractivity contribution in [1.82, 2.24) is 25.1 Å². The second-order valence-electron chi connectivity index (χ2n) is 13.1. The molecule has 2 fully saturated rings. The molecule has 2 aromatic carbocycles. The number of nitrogens with two attached hydrogens (primary N) is 1. The Hall–Kier alpha value is -3.67. The number of hydrogen-bond donors (Lipinski definition) is 3. The Morgan fingerprint density at radius 2 is 1.85 bits per heavy atom. The van der Waals surface area contributed by atoms with Gasteiger partial charge in [0, 0.05) is 61.6 Å². The molecule has 0 unspecified atom stereocenters. The van der Waals surface area contributed by atoms with Crippen LogP contribution in [0.3, 0.4) is 0 Å². The molecule has 10 heteroatoms. The average Bonchev–Trinajstić information content (AvgIpc) is 3.84. The topological polar surface area (TPSA) is 117 Å². The number of β-amino-alcohol motifs (C(OH)–C–C–N with tert-alkyl or cyclic N) is 1. The van der Waals surface area contributed by atoms with Crippen LogP contribution in [-0.2, 0) is 17.8 Å². The molecule has 1 saturated heterocycles. The van der Waals surface area contributed by atoms with Gasteiger partial charge in [-0.25, -0.2) is 9.97 Å². The number of benzene rings is 2. The third-order valence-corrected chi connectivity index (χ3v) is 11.0. The van der Waals surface area contributed by atoms with Crippen molar-refractivity contribution in [2.75, 3.05) is 45.1 Å². The first-order valence-electron chi connectivity index (χ1n) is 16.8. The number of carbonyl (C=O) groups excluding carboxylic acids is 1. The number of pyridine rings is 1. The lowest BCUT2D eigenvalue weighted by Crippen LogP contribution is -2.47. The van der Waals surface area contributed by atoms with Gasteiger partial charge in [0.05, 0.1) is 30.9 Å². The highest BCUT2D eigenvalue weighted by Gasteiger charge is 2.32. The number of hydrogen-bond acceptors (Lipinski definition) is 9. The van der Waals surface area contributed by atoms with Crippen molar-refractivity contribution in [3.8, 4) is 21.7 Å². The Balaban J connectivity index is 0.939. The van der Waals surface area contributed by atoms with E-state index >= 15 is 0 Å². The van der Waals surface area contributed by atoms with Crippen LogP contribution in [0.25, 0.3) is 21.7 Å². The quantitative estimate of drug-likeness (QED) is 0.213. The lowest BCUT2D eigenvalue weighted by molar-refractivity contribution is 0.0272. The summed E-state index contributed by atoms with van der Waals surface area (Å²) in [5, 5.41) is 15.2. The normalized spacial score (nSPS) is 21.6. The van der Waals surface area contributed by atoms with Crippen LogP contribution in [0.1, 0.15) is 64.5 Å². The maximum absolute atomic E-state index is 13.3. The second-order valence-corrected chi connectivity index (χ2v) is 13.9. The van der Waals surface area contributed by atoms with Crippen molar-refractivity contribution in [3.05, 3.63) is 88.1 Å². The van der Waals surface area contributed by atoms with Crippen molar-refractivity contribution in [3.63, 3.8) is 0 Å². The van der Waals surface area contributed by atoms with Crippen LogP contribution in [0, 0.1) is 6.92 Å². The predicted molar refractivity (Wildman–Crippen MR) is 186 cm³/mol. The van der Waals surface area contributed by atoms with E-state index in [1.54, 1.807) is 12.3 Å². The first-order chi connectivity index (χ1) is 22.9. The van der Waals surface area contributed by atoms with E-state index in [0.29, 0.717) is 18.2 Å². The largest absolute Gasteiger partial charge is 0.395 e. The molecule has 246 valence electrons. The fourth-order valence-electron chi connectivity index (χ4n) is 7.39. The maximum atomic E-state index is 13.3. The zero-order chi connectivity index (χ0) is 32.3. The van der Waals surface area contributed by atoms with Gasteiger partial charge in [-0.05, 0) is 72.9 Å². The van der Waals surface area contributed by atoms with E-state index in [0.717, 1.165) is 80.2 Å². The zero-order valence-corrected chi connectivity index (χ0v) is 27.8. The van der Waals surface area contributed by atoms with Gasteiger partial charge in [-0.3, -0.25) is 14.6 Å². The number of aliphatic hydroxyl groups is 1. The first kappa shape index (κ1) is 31.9. The van der Waals surface area contributed by atoms with Crippen molar-refractivity contribution in [2.24, 2.45) is 0 Å². The fraction of sp³-hybridized carbons (Fsp3) is 0.432. The molecule has 0 radical (unpaired) electrons. The van der Waals surface area contributed by atoms with E-state index in [9.17, 15) is 9.90 Å². The van der Waals surface area contributed by atoms with Gasteiger partial charge in [0.1, 0.15) is 10.8 Å². The molecule has 0 bridgehead atoms. The maximum Gasteiger partial charge on any atom is 0.255 e. The number of rotatable bonds is 10. The van der Waals surface area contributed by atoms with Gasteiger partial charge < -0.3 is 20.9 Å². The number of nitrogens with zero attached hydrogens (tertiary/aromatic N) is 4. The number of ether oxygens (including phenoxy) is 1. The van der Waals surface area contributed by atoms with E-state index < -0.39 is 0 Å². The summed E-state index contributed by atoms with van der Waals surface area (Å²) in [6, 6.07) is 17.9. The number of thiazole rings is 1. The number of aliphatic hydroxyl groups excluding tert-OH is 1. The van der Waals surface area contributed by atoms with Crippen molar-refractivity contribution in [2.45, 2.75) is 63.8 Å². The summed E-state index contributed by atoms with van der Waals surface area (Å²) in [5.74, 6) is -0.0112. The Bertz CT molecular complexity index is 1700. The average molecular weight is 653 g/mol. The van der Waals surface area contributed by atoms with E-state index in [4.69, 9.17) is 10.5 Å². The third-order valence-electron chi connectivity index (χ3n) is 10.0. The number of aromatic nitrogens is 2. The van der Waals surface area contributed by atoms with Crippen molar-refractivity contribution >= 4 is 23.1 Å². The fourth-order valence-corrected chi connectivity index (χ4v) is 8.17. The van der Waals surface area contributed by atoms with Crippen LogP contribution >= 0.6 is 11.3 Å². The van der Waals surface area contributed by atoms with E-state index in [2.05, 4.69) is 67.5 Å². The molecule has 47 heavy (non-hydrogen) atoms. The van der Waals surface area contributed by atoms with Gasteiger partial charge in [-0.1, -0.05) is 42.5 Å². The highest BCUT2D eigenvalue weighted by atomic mass is 32.1. The Labute approximate surface area is 280 Å². The Kier molecular flexibility index (Phi) is 9.65. The molecule has 0 spiro atoms. The molecular weight excluding hydrogens is 609 g/mol. The number of fused-ring (bicyclic) bond motifs is 1. The molecule has 1 saturated carbocycles. The molecule has 3 atom stereocenters. The van der Waals surface area contributed by atoms with Crippen LogP contribution in [0.5, 0.6) is 0 Å². The molecule has 3 heterocycles. The smallest absolute Gasteiger partial charge is 0.255 e. The van der Waals surface area contributed by atoms with Gasteiger partial charge in [0.25, 0.3) is 5.91 Å². The van der Waals surface area contributed by atoms with Gasteiger partial charge in [-0.15, -0.1) is 11.3 Å². The van der Waals surface area contributed by atoms with E-state index in [1.165, 1.54) is 40.0 Å². The van der Waals surface area contributed by atoms with Crippen LogP contribution in [-0.4, -0.2) is 82.3 Å². The van der Waals surface area contributed by atoms with Gasteiger partial charge >= 0.3 is 0 Å². The van der Waals surface area contributed by atoms with Crippen molar-refractivity contribution < 1.29 is 14.6 Å². The summed E-state index contributed by atoms with van der Waals surface area (Å²) < 4.78 is 6.37. The van der Waals surface area contributed by atoms with E-state index in [-0.39, 0.29) is 30.5 Å². The van der Waals surface area contributed by atoms with Crippen LogP contribution in [0.2, 0.25) is 0 Å². The van der Waals surface area contributed by atoms with Crippen LogP contribution in [0.15, 0.2) is 60.1 Å². The van der Waals surface area contributed by atoms with E-state index in [1.807, 2.05) is 12.3 Å². The number of aryl methyl sites for hydroxylation is 2. The SMILES string of the molecule is Cc1csc(-c2cnc(N)c(C(=O)N[C@H]3CCC[C@@H]3OCc3ccc(-c4ccc5c(c4)CC[C@@H]5N4CCN(CCO)CC4)cc3)c2)n1. The molecule has 7 rings (SSSR count). The zero-order valence-electron chi connectivity index (χ0n) is 27.0. The van der Waals surface area contributed by atoms with Crippen LogP contribution in [0.4, 0.5) is 5.82 Å². The minimum absolute atomic E-state index is 0.0556. The highest BCUT2D eigenvalue weighted by molar-refractivity contribution is 7.13. The number of amides is 1. The molecule has 4 aromatic rings. The van der Waals surface area contributed by atoms with Gasteiger partial charge in [0.2, 0.25) is 0 Å². The number of anilines is 1. The minimum Gasteiger partial charge on any atom is -0.395 e. The third kappa shape index (κ3) is 7.12. The molecule has 2 aliphatic carbocycles. The predicted octanol–water partition coefficient (Wildman–Crippen LogP) is 5.23. The summed E-state index contributed by atoms with van der Waals surface area (Å²) >= 11 is 1.52. The number of nitrogen functional groups attached to an aromatic ring is 1. The second kappa shape index (κ2) is 14.2. The number of carbonyl (C=O) groups is 1. The number of piperazine rings is 1. The molecule has 9 nitrogen and oxygen atoms in total. The lowest BCUT2D eigenvalue weighted by atomic mass is 9.98. The van der Waals surface area contributed by atoms with Crippen LogP contribution < -0.4 is 11.1 Å². The molecule has 3 aliphatic rings. The summed E-state index contributed by atoms with van der Waals surface area (Å²) in [5.41, 5.74) is 14.7. The molecular formula is C37H44N6O3S. The Morgan fingerprint density at radius 1 is 1.04 bits per heavy atom. The highest BCUT2D eigenvalue weighted by Crippen LogP contribution is 2.38. The molecule has 2 aromatic heterocycles. The molecule has 1 amide bonds. The van der Waals surface area contributed by atoms with Crippen molar-refractivity contribution in [1.29, 1.82) is 0 Å². The minimum atomic E-state index is -0.226. The summed E-state index contributed by atoms with van der Waals surface area (Å²) in [6.45, 7) is 7.66. The monoisotopic (exact) mass is 652 g/mol. The lowest BCUT2D eigenvalue weighted by Gasteiger charge is -2.38. The molecule has 4 N–H and O–H groups in total. The first-order valence-corrected chi connectivity index (χ1v) is 17.7. The Morgan fingerprint density at radius 3 is 2.62 bits per heavy atom. The summed E-state index contributed by atoms with van der Waals surface area (Å²) in [6.07, 6.45) is 6.69. The van der Waals surface area contributed by atoms with Gasteiger partial charge in [-0.2, -0.15) is 0 Å². The molecule has 1 aliphatic heterocycles. The summed E-state index contributed by atoms with van der Waals surface area (Å²) in [4.78, 5) is 27.1. The van der Waals surface area contributed by atoms with Gasteiger partial charge in [0.15, 0.2) is 0 Å². The summed E-state index contributed by atoms with van der Waals surface area (Å²) in [7, 11) is 0. The standard InChI is InChI=1S/C37H44N6O3S/c1-24-23-47-37(40-24)29-20-31(35(38)39-21-29)36(45)41-32-3-2-4-34(32)46-22-25-5-7-26(8-6-25)27-9-11-30-28(19-27)10-12-33(30)43-15-13-42(14-16-43)17-18-44/h5-9,11,19-21,23,32-34,44H,2-4,10,12-18,22H2,1H3,(H2,38,39)(H,41,45)/t32-,33-,34-/m0/s1. The number of nitrogens with one attached hydrogen (secondary N) is 1.